The average molecular weight is 419 g/mol. The lowest BCUT2D eigenvalue weighted by atomic mass is 9.81. The van der Waals surface area contributed by atoms with Crippen LogP contribution in [0.25, 0.3) is 0 Å². The Morgan fingerprint density at radius 2 is 1.67 bits per heavy atom. The quantitative estimate of drug-likeness (QED) is 0.628. The predicted molar refractivity (Wildman–Crippen MR) is 121 cm³/mol. The van der Waals surface area contributed by atoms with Gasteiger partial charge in [0.1, 0.15) is 0 Å². The molecule has 1 N–H and O–H groups in total. The van der Waals surface area contributed by atoms with E-state index < -0.39 is 5.97 Å². The minimum Gasteiger partial charge on any atom is -0.481 e. The number of carboxylic acids is 1. The van der Waals surface area contributed by atoms with Gasteiger partial charge in [-0.15, -0.1) is 0 Å². The zero-order valence-corrected chi connectivity index (χ0v) is 19.2. The Morgan fingerprint density at radius 1 is 1.00 bits per heavy atom. The van der Waals surface area contributed by atoms with Crippen molar-refractivity contribution in [2.75, 3.05) is 72.9 Å². The smallest absolute Gasteiger partial charge is 0.303 e. The number of carbonyl (C=O) groups excluding carboxylic acids is 1. The largest absolute Gasteiger partial charge is 0.481 e. The van der Waals surface area contributed by atoms with E-state index >= 15 is 0 Å². The van der Waals surface area contributed by atoms with Crippen molar-refractivity contribution < 1.29 is 14.7 Å². The van der Waals surface area contributed by atoms with Gasteiger partial charge in [0.05, 0.1) is 0 Å². The monoisotopic (exact) mass is 418 g/mol. The van der Waals surface area contributed by atoms with Crippen LogP contribution in [-0.2, 0) is 4.79 Å². The van der Waals surface area contributed by atoms with Crippen molar-refractivity contribution >= 4 is 17.6 Å². The lowest BCUT2D eigenvalue weighted by Gasteiger charge is -2.39. The minimum absolute atomic E-state index is 0.0417. The van der Waals surface area contributed by atoms with Gasteiger partial charge in [0.2, 0.25) is 0 Å². The molecule has 0 spiro atoms. The second kappa shape index (κ2) is 11.3. The summed E-state index contributed by atoms with van der Waals surface area (Å²) in [5.41, 5.74) is 1.75. The van der Waals surface area contributed by atoms with E-state index in [1.54, 1.807) is 0 Å². The zero-order chi connectivity index (χ0) is 22.3. The van der Waals surface area contributed by atoms with Gasteiger partial charge in [-0.2, -0.15) is 0 Å². The number of carboxylic acid groups (broad SMARTS) is 1. The first-order valence-corrected chi connectivity index (χ1v) is 10.8. The molecule has 1 aromatic rings. The number of benzene rings is 1. The number of amides is 1. The molecule has 2 rings (SSSR count). The third-order valence-electron chi connectivity index (χ3n) is 6.06. The fourth-order valence-electron chi connectivity index (χ4n) is 4.04. The molecule has 1 aliphatic heterocycles. The number of hydrogen-bond acceptors (Lipinski definition) is 5. The third kappa shape index (κ3) is 7.29. The van der Waals surface area contributed by atoms with Crippen LogP contribution in [-0.4, -0.2) is 99.6 Å². The molecular formula is C23H38N4O3. The first kappa shape index (κ1) is 24.2. The number of anilines is 1. The summed E-state index contributed by atoms with van der Waals surface area (Å²) < 4.78 is 0. The summed E-state index contributed by atoms with van der Waals surface area (Å²) in [6, 6.07) is 7.68. The van der Waals surface area contributed by atoms with Crippen LogP contribution in [0.2, 0.25) is 0 Å². The van der Waals surface area contributed by atoms with Crippen LogP contribution in [0.1, 0.15) is 29.6 Å². The van der Waals surface area contributed by atoms with Crippen molar-refractivity contribution in [3.05, 3.63) is 29.8 Å². The van der Waals surface area contributed by atoms with Gasteiger partial charge in [0.15, 0.2) is 0 Å². The van der Waals surface area contributed by atoms with Gasteiger partial charge >= 0.3 is 5.97 Å². The zero-order valence-electron chi connectivity index (χ0n) is 19.2. The van der Waals surface area contributed by atoms with Crippen LogP contribution in [0.4, 0.5) is 5.69 Å². The molecule has 0 saturated carbocycles. The number of likely N-dealkylation sites (N-methyl/N-ethyl adjacent to an activating group) is 2. The summed E-state index contributed by atoms with van der Waals surface area (Å²) in [6.45, 7) is 4.14. The lowest BCUT2D eigenvalue weighted by Crippen LogP contribution is -2.45. The second-order valence-corrected chi connectivity index (χ2v) is 8.99. The van der Waals surface area contributed by atoms with E-state index in [-0.39, 0.29) is 24.2 Å². The summed E-state index contributed by atoms with van der Waals surface area (Å²) in [4.78, 5) is 32.8. The molecule has 1 fully saturated rings. The van der Waals surface area contributed by atoms with Gasteiger partial charge in [0, 0.05) is 57.9 Å². The molecule has 1 heterocycles. The highest BCUT2D eigenvalue weighted by Crippen LogP contribution is 2.30. The Kier molecular flexibility index (Phi) is 9.11. The van der Waals surface area contributed by atoms with Crippen molar-refractivity contribution in [1.82, 2.24) is 14.7 Å². The molecule has 1 aromatic carbocycles. The first-order valence-electron chi connectivity index (χ1n) is 10.8. The normalized spacial score (nSPS) is 19.4. The molecule has 7 heteroatoms. The first-order chi connectivity index (χ1) is 14.2. The highest BCUT2D eigenvalue weighted by Gasteiger charge is 2.33. The van der Waals surface area contributed by atoms with Crippen LogP contribution in [0.15, 0.2) is 24.3 Å². The van der Waals surface area contributed by atoms with E-state index in [4.69, 9.17) is 0 Å². The van der Waals surface area contributed by atoms with Crippen LogP contribution in [0, 0.1) is 11.8 Å². The topological polar surface area (TPSA) is 67.3 Å². The van der Waals surface area contributed by atoms with E-state index in [0.29, 0.717) is 18.7 Å². The Hall–Kier alpha value is -2.12. The van der Waals surface area contributed by atoms with E-state index in [1.165, 1.54) is 0 Å². The van der Waals surface area contributed by atoms with Crippen molar-refractivity contribution in [1.29, 1.82) is 0 Å². The maximum atomic E-state index is 13.1. The Labute approximate surface area is 181 Å². The van der Waals surface area contributed by atoms with Crippen molar-refractivity contribution in [2.24, 2.45) is 11.8 Å². The van der Waals surface area contributed by atoms with Gasteiger partial charge in [-0.3, -0.25) is 9.59 Å². The lowest BCUT2D eigenvalue weighted by molar-refractivity contribution is -0.139. The van der Waals surface area contributed by atoms with E-state index in [9.17, 15) is 14.7 Å². The second-order valence-electron chi connectivity index (χ2n) is 8.99. The highest BCUT2D eigenvalue weighted by molar-refractivity contribution is 5.94. The standard InChI is InChI=1S/C23H38N4O3/c1-24(2)14-15-26(5)12-10-20-17-27(13-11-19(20)16-22(28)29)23(30)18-6-8-21(9-7-18)25(3)4/h6-9,19-20H,10-17H2,1-5H3,(H,28,29). The number of piperidine rings is 1. The molecule has 7 nitrogen and oxygen atoms in total. The molecule has 0 aromatic heterocycles. The van der Waals surface area contributed by atoms with Crippen LogP contribution in [0.3, 0.4) is 0 Å². The van der Waals surface area contributed by atoms with Gasteiger partial charge < -0.3 is 24.7 Å². The average Bonchev–Trinajstić information content (AvgIpc) is 2.70. The number of carbonyl (C=O) groups is 2. The number of nitrogens with zero attached hydrogens (tertiary/aromatic N) is 4. The molecule has 0 radical (unpaired) electrons. The summed E-state index contributed by atoms with van der Waals surface area (Å²) in [6.07, 6.45) is 1.84. The summed E-state index contributed by atoms with van der Waals surface area (Å²) >= 11 is 0. The number of likely N-dealkylation sites (tertiary alicyclic amines) is 1. The molecule has 168 valence electrons. The number of aliphatic carboxylic acids is 1. The number of rotatable bonds is 10. The maximum absolute atomic E-state index is 13.1. The SMILES string of the molecule is CN(C)CCN(C)CCC1CN(C(=O)c2ccc(N(C)C)cc2)CCC1CC(=O)O. The molecule has 0 bridgehead atoms. The minimum atomic E-state index is -0.745. The van der Waals surface area contributed by atoms with Crippen molar-refractivity contribution in [2.45, 2.75) is 19.3 Å². The Bertz CT molecular complexity index is 690. The highest BCUT2D eigenvalue weighted by atomic mass is 16.4. The maximum Gasteiger partial charge on any atom is 0.303 e. The van der Waals surface area contributed by atoms with Crippen LogP contribution < -0.4 is 4.90 Å². The molecular weight excluding hydrogens is 380 g/mol. The molecule has 1 aliphatic rings. The number of hydrogen-bond donors (Lipinski definition) is 1. The molecule has 1 amide bonds. The van der Waals surface area contributed by atoms with Gasteiger partial charge in [0.25, 0.3) is 5.91 Å². The molecule has 2 atom stereocenters. The predicted octanol–water partition coefficient (Wildman–Crippen LogP) is 2.19. The molecule has 30 heavy (non-hydrogen) atoms. The fourth-order valence-corrected chi connectivity index (χ4v) is 4.04. The molecule has 0 aliphatic carbocycles. The Morgan fingerprint density at radius 3 is 2.23 bits per heavy atom. The van der Waals surface area contributed by atoms with Crippen molar-refractivity contribution in [3.8, 4) is 0 Å². The van der Waals surface area contributed by atoms with Gasteiger partial charge in [-0.25, -0.2) is 0 Å². The van der Waals surface area contributed by atoms with E-state index in [0.717, 1.165) is 38.2 Å². The summed E-state index contributed by atoms with van der Waals surface area (Å²) in [7, 11) is 10.2. The van der Waals surface area contributed by atoms with E-state index in [1.807, 2.05) is 48.2 Å². The van der Waals surface area contributed by atoms with E-state index in [2.05, 4.69) is 30.9 Å². The van der Waals surface area contributed by atoms with Crippen LogP contribution >= 0.6 is 0 Å². The molecule has 1 saturated heterocycles. The third-order valence-corrected chi connectivity index (χ3v) is 6.06. The fraction of sp³-hybridized carbons (Fsp3) is 0.652. The van der Waals surface area contributed by atoms with Crippen LogP contribution in [0.5, 0.6) is 0 Å². The summed E-state index contributed by atoms with van der Waals surface area (Å²) in [5.74, 6) is -0.364. The van der Waals surface area contributed by atoms with Crippen molar-refractivity contribution in [3.63, 3.8) is 0 Å². The Balaban J connectivity index is 2.01. The summed E-state index contributed by atoms with van der Waals surface area (Å²) in [5, 5.41) is 9.33. The van der Waals surface area contributed by atoms with Gasteiger partial charge in [-0.1, -0.05) is 0 Å². The molecule has 2 unspecified atom stereocenters. The van der Waals surface area contributed by atoms with Gasteiger partial charge in [-0.05, 0) is 76.6 Å².